The molecule has 0 radical (unpaired) electrons. The van der Waals surface area contributed by atoms with Gasteiger partial charge in [0.15, 0.2) is 17.5 Å². The van der Waals surface area contributed by atoms with Crippen LogP contribution in [0.1, 0.15) is 29.6 Å². The molecular weight excluding hydrogens is 247 g/mol. The highest BCUT2D eigenvalue weighted by molar-refractivity contribution is 5.94. The number of halogens is 3. The van der Waals surface area contributed by atoms with Crippen LogP contribution in [0.4, 0.5) is 13.2 Å². The van der Waals surface area contributed by atoms with E-state index in [2.05, 4.69) is 5.32 Å². The fourth-order valence-electron chi connectivity index (χ4n) is 1.80. The average Bonchev–Trinajstić information content (AvgIpc) is 2.31. The third-order valence-electron chi connectivity index (χ3n) is 3.14. The minimum Gasteiger partial charge on any atom is -0.388 e. The predicted octanol–water partition coefficient (Wildman–Crippen LogP) is 1.75. The Morgan fingerprint density at radius 1 is 1.28 bits per heavy atom. The molecule has 1 amide bonds. The second-order valence-electron chi connectivity index (χ2n) is 4.48. The van der Waals surface area contributed by atoms with E-state index in [0.29, 0.717) is 18.9 Å². The smallest absolute Gasteiger partial charge is 0.254 e. The third-order valence-corrected chi connectivity index (χ3v) is 3.14. The molecule has 98 valence electrons. The first-order chi connectivity index (χ1) is 8.43. The molecule has 0 atom stereocenters. The first-order valence-electron chi connectivity index (χ1n) is 5.57. The number of nitrogens with one attached hydrogen (secondary N) is 1. The minimum atomic E-state index is -1.68. The minimum absolute atomic E-state index is 0.0235. The summed E-state index contributed by atoms with van der Waals surface area (Å²) in [5, 5.41) is 12.0. The Morgan fingerprint density at radius 3 is 2.50 bits per heavy atom. The Balaban J connectivity index is 2.07. The standard InChI is InChI=1S/C12H12F3NO2/c13-8-3-2-7(9(14)10(8)15)11(17)16-6-12(18)4-1-5-12/h2-3,18H,1,4-6H2,(H,16,17). The summed E-state index contributed by atoms with van der Waals surface area (Å²) in [5.41, 5.74) is -1.53. The molecule has 3 nitrogen and oxygen atoms in total. The van der Waals surface area contributed by atoms with Crippen LogP contribution >= 0.6 is 0 Å². The summed E-state index contributed by atoms with van der Waals surface area (Å²) in [5.74, 6) is -5.41. The van der Waals surface area contributed by atoms with Crippen molar-refractivity contribution in [2.24, 2.45) is 0 Å². The van der Waals surface area contributed by atoms with Gasteiger partial charge in [-0.2, -0.15) is 0 Å². The van der Waals surface area contributed by atoms with Gasteiger partial charge in [0.1, 0.15) is 0 Å². The zero-order chi connectivity index (χ0) is 13.3. The summed E-state index contributed by atoms with van der Waals surface area (Å²) in [4.78, 5) is 11.6. The quantitative estimate of drug-likeness (QED) is 0.812. The molecular formula is C12H12F3NO2. The lowest BCUT2D eigenvalue weighted by Crippen LogP contribution is -2.47. The SMILES string of the molecule is O=C(NCC1(O)CCC1)c1ccc(F)c(F)c1F. The van der Waals surface area contributed by atoms with Gasteiger partial charge in [-0.25, -0.2) is 13.2 Å². The lowest BCUT2D eigenvalue weighted by atomic mass is 9.80. The number of hydrogen-bond acceptors (Lipinski definition) is 2. The molecule has 1 aliphatic rings. The van der Waals surface area contributed by atoms with Gasteiger partial charge in [-0.1, -0.05) is 0 Å². The van der Waals surface area contributed by atoms with Crippen LogP contribution in [0.25, 0.3) is 0 Å². The molecule has 1 aromatic carbocycles. The largest absolute Gasteiger partial charge is 0.388 e. The molecule has 0 aromatic heterocycles. The van der Waals surface area contributed by atoms with E-state index in [1.54, 1.807) is 0 Å². The van der Waals surface area contributed by atoms with Crippen LogP contribution in [0.3, 0.4) is 0 Å². The topological polar surface area (TPSA) is 49.3 Å². The van der Waals surface area contributed by atoms with Gasteiger partial charge in [-0.05, 0) is 31.4 Å². The number of benzene rings is 1. The second-order valence-corrected chi connectivity index (χ2v) is 4.48. The molecule has 0 saturated heterocycles. The summed E-state index contributed by atoms with van der Waals surface area (Å²) >= 11 is 0. The highest BCUT2D eigenvalue weighted by atomic mass is 19.2. The molecule has 0 bridgehead atoms. The maximum Gasteiger partial charge on any atom is 0.254 e. The molecule has 0 heterocycles. The van der Waals surface area contributed by atoms with E-state index in [1.165, 1.54) is 0 Å². The van der Waals surface area contributed by atoms with Gasteiger partial charge in [-0.15, -0.1) is 0 Å². The Kier molecular flexibility index (Phi) is 3.30. The highest BCUT2D eigenvalue weighted by Crippen LogP contribution is 2.30. The van der Waals surface area contributed by atoms with Crippen molar-refractivity contribution in [1.29, 1.82) is 0 Å². The van der Waals surface area contributed by atoms with Gasteiger partial charge in [0, 0.05) is 6.54 Å². The van der Waals surface area contributed by atoms with Gasteiger partial charge in [0.2, 0.25) is 0 Å². The molecule has 2 rings (SSSR count). The number of hydrogen-bond donors (Lipinski definition) is 2. The van der Waals surface area contributed by atoms with E-state index < -0.39 is 34.5 Å². The second kappa shape index (κ2) is 4.61. The van der Waals surface area contributed by atoms with Gasteiger partial charge < -0.3 is 10.4 Å². The Morgan fingerprint density at radius 2 is 1.94 bits per heavy atom. The fourth-order valence-corrected chi connectivity index (χ4v) is 1.80. The van der Waals surface area contributed by atoms with E-state index in [0.717, 1.165) is 12.5 Å². The number of amides is 1. The van der Waals surface area contributed by atoms with Crippen molar-refractivity contribution in [3.63, 3.8) is 0 Å². The lowest BCUT2D eigenvalue weighted by molar-refractivity contribution is -0.0300. The van der Waals surface area contributed by atoms with Crippen molar-refractivity contribution < 1.29 is 23.1 Å². The Hall–Kier alpha value is -1.56. The average molecular weight is 259 g/mol. The van der Waals surface area contributed by atoms with E-state index in [-0.39, 0.29) is 6.54 Å². The van der Waals surface area contributed by atoms with Gasteiger partial charge >= 0.3 is 0 Å². The maximum absolute atomic E-state index is 13.3. The summed E-state index contributed by atoms with van der Waals surface area (Å²) in [6, 6.07) is 1.55. The van der Waals surface area contributed by atoms with Crippen LogP contribution in [0.5, 0.6) is 0 Å². The van der Waals surface area contributed by atoms with Crippen molar-refractivity contribution in [2.45, 2.75) is 24.9 Å². The Labute approximate surface area is 102 Å². The van der Waals surface area contributed by atoms with Crippen molar-refractivity contribution in [1.82, 2.24) is 5.32 Å². The maximum atomic E-state index is 13.3. The van der Waals surface area contributed by atoms with E-state index in [4.69, 9.17) is 0 Å². The van der Waals surface area contributed by atoms with E-state index in [1.807, 2.05) is 0 Å². The molecule has 0 unspecified atom stereocenters. The van der Waals surface area contributed by atoms with Crippen LogP contribution in [0.15, 0.2) is 12.1 Å². The van der Waals surface area contributed by atoms with E-state index >= 15 is 0 Å². The molecule has 1 fully saturated rings. The van der Waals surface area contributed by atoms with Gasteiger partial charge in [0.25, 0.3) is 5.91 Å². The predicted molar refractivity (Wildman–Crippen MR) is 57.5 cm³/mol. The van der Waals surface area contributed by atoms with E-state index in [9.17, 15) is 23.1 Å². The van der Waals surface area contributed by atoms with Gasteiger partial charge in [-0.3, -0.25) is 4.79 Å². The number of aliphatic hydroxyl groups is 1. The highest BCUT2D eigenvalue weighted by Gasteiger charge is 2.34. The summed E-state index contributed by atoms with van der Waals surface area (Å²) in [6.45, 7) is -0.0235. The van der Waals surface area contributed by atoms with Crippen molar-refractivity contribution >= 4 is 5.91 Å². The molecule has 6 heteroatoms. The van der Waals surface area contributed by atoms with Crippen LogP contribution in [-0.4, -0.2) is 23.2 Å². The zero-order valence-corrected chi connectivity index (χ0v) is 9.47. The van der Waals surface area contributed by atoms with Crippen LogP contribution in [-0.2, 0) is 0 Å². The normalized spacial score (nSPS) is 17.1. The first kappa shape index (κ1) is 12.9. The Bertz CT molecular complexity index is 486. The molecule has 1 aromatic rings. The van der Waals surface area contributed by atoms with Crippen LogP contribution < -0.4 is 5.32 Å². The zero-order valence-electron chi connectivity index (χ0n) is 9.47. The summed E-state index contributed by atoms with van der Waals surface area (Å²) in [6.07, 6.45) is 1.99. The third kappa shape index (κ3) is 2.33. The lowest BCUT2D eigenvalue weighted by Gasteiger charge is -2.36. The molecule has 2 N–H and O–H groups in total. The molecule has 0 spiro atoms. The monoisotopic (exact) mass is 259 g/mol. The summed E-state index contributed by atoms with van der Waals surface area (Å²) < 4.78 is 38.9. The number of rotatable bonds is 3. The molecule has 1 aliphatic carbocycles. The molecule has 18 heavy (non-hydrogen) atoms. The number of carbonyl (C=O) groups excluding carboxylic acids is 1. The molecule has 1 saturated carbocycles. The van der Waals surface area contributed by atoms with Gasteiger partial charge in [0.05, 0.1) is 11.2 Å². The summed E-state index contributed by atoms with van der Waals surface area (Å²) in [7, 11) is 0. The first-order valence-corrected chi connectivity index (χ1v) is 5.57. The van der Waals surface area contributed by atoms with Crippen molar-refractivity contribution in [3.05, 3.63) is 35.1 Å². The van der Waals surface area contributed by atoms with Crippen LogP contribution in [0.2, 0.25) is 0 Å². The van der Waals surface area contributed by atoms with Crippen molar-refractivity contribution in [2.75, 3.05) is 6.54 Å². The fraction of sp³-hybridized carbons (Fsp3) is 0.417. The molecule has 0 aliphatic heterocycles. The van der Waals surface area contributed by atoms with Crippen LogP contribution in [0, 0.1) is 17.5 Å². The van der Waals surface area contributed by atoms with Crippen molar-refractivity contribution in [3.8, 4) is 0 Å². The number of carbonyl (C=O) groups is 1.